The Labute approximate surface area is 122 Å². The van der Waals surface area contributed by atoms with Crippen molar-refractivity contribution in [1.82, 2.24) is 5.32 Å². The third kappa shape index (κ3) is 3.71. The second-order valence-electron chi connectivity index (χ2n) is 5.16. The van der Waals surface area contributed by atoms with Crippen LogP contribution < -0.4 is 10.1 Å². The van der Waals surface area contributed by atoms with E-state index >= 15 is 0 Å². The second-order valence-corrected chi connectivity index (χ2v) is 5.16. The van der Waals surface area contributed by atoms with Crippen LogP contribution in [-0.4, -0.2) is 29.1 Å². The van der Waals surface area contributed by atoms with Gasteiger partial charge in [-0.3, -0.25) is 9.59 Å². The minimum atomic E-state index is -0.838. The molecule has 0 spiro atoms. The Morgan fingerprint density at radius 1 is 1.43 bits per heavy atom. The summed E-state index contributed by atoms with van der Waals surface area (Å²) in [6.45, 7) is 1.77. The van der Waals surface area contributed by atoms with Gasteiger partial charge in [0.25, 0.3) is 5.91 Å². The van der Waals surface area contributed by atoms with Crippen molar-refractivity contribution in [1.29, 1.82) is 0 Å². The Morgan fingerprint density at radius 2 is 2.10 bits per heavy atom. The highest BCUT2D eigenvalue weighted by atomic mass is 19.1. The lowest BCUT2D eigenvalue weighted by Crippen LogP contribution is -2.50. The number of benzene rings is 1. The van der Waals surface area contributed by atoms with Gasteiger partial charge in [-0.05, 0) is 31.4 Å². The number of amides is 1. The molecule has 1 aliphatic rings. The summed E-state index contributed by atoms with van der Waals surface area (Å²) in [5.74, 6) is -2.04. The molecule has 0 heterocycles. The van der Waals surface area contributed by atoms with Gasteiger partial charge in [0.1, 0.15) is 0 Å². The highest BCUT2D eigenvalue weighted by Gasteiger charge is 2.36. The molecule has 6 heteroatoms. The molecular formula is C15H18FNO4. The normalized spacial score (nSPS) is 22.0. The van der Waals surface area contributed by atoms with E-state index in [1.54, 1.807) is 19.1 Å². The number of rotatable bonds is 6. The van der Waals surface area contributed by atoms with Gasteiger partial charge >= 0.3 is 5.97 Å². The number of carboxylic acid groups (broad SMARTS) is 1. The molecule has 1 amide bonds. The molecule has 1 aromatic rings. The SMILES string of the molecule is CCC(Oc1ccccc1F)C(=O)NC1CC(C(=O)O)C1. The Morgan fingerprint density at radius 3 is 2.67 bits per heavy atom. The minimum Gasteiger partial charge on any atom is -0.481 e. The second kappa shape index (κ2) is 6.56. The predicted molar refractivity (Wildman–Crippen MR) is 73.4 cm³/mol. The van der Waals surface area contributed by atoms with Crippen molar-refractivity contribution in [2.45, 2.75) is 38.3 Å². The largest absolute Gasteiger partial charge is 0.481 e. The Bertz CT molecular complexity index is 528. The fraction of sp³-hybridized carbons (Fsp3) is 0.467. The summed E-state index contributed by atoms with van der Waals surface area (Å²) in [5, 5.41) is 11.5. The van der Waals surface area contributed by atoms with E-state index in [-0.39, 0.29) is 23.6 Å². The molecule has 1 saturated carbocycles. The van der Waals surface area contributed by atoms with E-state index in [0.717, 1.165) is 0 Å². The Balaban J connectivity index is 1.88. The molecule has 1 unspecified atom stereocenters. The average molecular weight is 295 g/mol. The first-order chi connectivity index (χ1) is 10.0. The molecule has 114 valence electrons. The quantitative estimate of drug-likeness (QED) is 0.841. The number of nitrogens with one attached hydrogen (secondary N) is 1. The van der Waals surface area contributed by atoms with Crippen molar-refractivity contribution in [2.24, 2.45) is 5.92 Å². The Hall–Kier alpha value is -2.11. The Kier molecular flexibility index (Phi) is 4.77. The maximum atomic E-state index is 13.5. The maximum absolute atomic E-state index is 13.5. The number of para-hydroxylation sites is 1. The van der Waals surface area contributed by atoms with Gasteiger partial charge in [-0.1, -0.05) is 19.1 Å². The zero-order valence-electron chi connectivity index (χ0n) is 11.7. The van der Waals surface area contributed by atoms with Crippen LogP contribution in [0.2, 0.25) is 0 Å². The smallest absolute Gasteiger partial charge is 0.306 e. The lowest BCUT2D eigenvalue weighted by Gasteiger charge is -2.33. The summed E-state index contributed by atoms with van der Waals surface area (Å²) < 4.78 is 18.9. The average Bonchev–Trinajstić information content (AvgIpc) is 2.40. The molecule has 5 nitrogen and oxygen atoms in total. The molecular weight excluding hydrogens is 277 g/mol. The molecule has 1 fully saturated rings. The van der Waals surface area contributed by atoms with E-state index in [1.807, 2.05) is 0 Å². The first-order valence-electron chi connectivity index (χ1n) is 6.95. The summed E-state index contributed by atoms with van der Waals surface area (Å²) in [6.07, 6.45) is 0.467. The third-order valence-electron chi connectivity index (χ3n) is 3.60. The van der Waals surface area contributed by atoms with Gasteiger partial charge in [0, 0.05) is 6.04 Å². The summed E-state index contributed by atoms with van der Waals surface area (Å²) >= 11 is 0. The summed E-state index contributed by atoms with van der Waals surface area (Å²) in [6, 6.07) is 5.77. The van der Waals surface area contributed by atoms with E-state index in [9.17, 15) is 14.0 Å². The molecule has 0 bridgehead atoms. The van der Waals surface area contributed by atoms with E-state index in [0.29, 0.717) is 19.3 Å². The van der Waals surface area contributed by atoms with E-state index < -0.39 is 17.9 Å². The van der Waals surface area contributed by atoms with Crippen molar-refractivity contribution in [3.63, 3.8) is 0 Å². The van der Waals surface area contributed by atoms with Gasteiger partial charge in [0.2, 0.25) is 0 Å². The van der Waals surface area contributed by atoms with Gasteiger partial charge in [-0.25, -0.2) is 4.39 Å². The van der Waals surface area contributed by atoms with Crippen molar-refractivity contribution in [2.75, 3.05) is 0 Å². The summed E-state index contributed by atoms with van der Waals surface area (Å²) in [7, 11) is 0. The van der Waals surface area contributed by atoms with Crippen LogP contribution >= 0.6 is 0 Å². The van der Waals surface area contributed by atoms with Crippen LogP contribution in [-0.2, 0) is 9.59 Å². The highest BCUT2D eigenvalue weighted by Crippen LogP contribution is 2.27. The topological polar surface area (TPSA) is 75.6 Å². The van der Waals surface area contributed by atoms with Crippen LogP contribution in [0, 0.1) is 11.7 Å². The van der Waals surface area contributed by atoms with Crippen molar-refractivity contribution in [3.05, 3.63) is 30.1 Å². The molecule has 1 aromatic carbocycles. The molecule has 0 aromatic heterocycles. The van der Waals surface area contributed by atoms with Gasteiger partial charge in [-0.15, -0.1) is 0 Å². The number of hydrogen-bond acceptors (Lipinski definition) is 3. The molecule has 0 aliphatic heterocycles. The standard InChI is InChI=1S/C15H18FNO4/c1-2-12(21-13-6-4-3-5-11(13)16)14(18)17-10-7-9(8-10)15(19)20/h3-6,9-10,12H,2,7-8H2,1H3,(H,17,18)(H,19,20). The van der Waals surface area contributed by atoms with Gasteiger partial charge in [-0.2, -0.15) is 0 Å². The molecule has 0 radical (unpaired) electrons. The van der Waals surface area contributed by atoms with E-state index in [1.165, 1.54) is 12.1 Å². The number of hydrogen-bond donors (Lipinski definition) is 2. The lowest BCUT2D eigenvalue weighted by atomic mass is 9.80. The van der Waals surface area contributed by atoms with E-state index in [2.05, 4.69) is 5.32 Å². The lowest BCUT2D eigenvalue weighted by molar-refractivity contribution is -0.146. The zero-order valence-corrected chi connectivity index (χ0v) is 11.7. The fourth-order valence-electron chi connectivity index (χ4n) is 2.25. The van der Waals surface area contributed by atoms with Crippen LogP contribution in [0.15, 0.2) is 24.3 Å². The molecule has 1 aliphatic carbocycles. The monoisotopic (exact) mass is 295 g/mol. The van der Waals surface area contributed by atoms with Gasteiger partial charge in [0.15, 0.2) is 17.7 Å². The molecule has 1 atom stereocenters. The van der Waals surface area contributed by atoms with Crippen LogP contribution in [0.1, 0.15) is 26.2 Å². The first kappa shape index (κ1) is 15.3. The molecule has 2 rings (SSSR count). The summed E-state index contributed by atoms with van der Waals surface area (Å²) in [4.78, 5) is 22.8. The number of halogens is 1. The number of carboxylic acids is 1. The molecule has 0 saturated heterocycles. The minimum absolute atomic E-state index is 0.0384. The van der Waals surface area contributed by atoms with Crippen LogP contribution in [0.3, 0.4) is 0 Å². The number of carbonyl (C=O) groups is 2. The highest BCUT2D eigenvalue weighted by molar-refractivity contribution is 5.82. The third-order valence-corrected chi connectivity index (χ3v) is 3.60. The number of ether oxygens (including phenoxy) is 1. The van der Waals surface area contributed by atoms with Gasteiger partial charge < -0.3 is 15.2 Å². The molecule has 21 heavy (non-hydrogen) atoms. The number of aliphatic carboxylic acids is 1. The van der Waals surface area contributed by atoms with Crippen molar-refractivity contribution in [3.8, 4) is 5.75 Å². The van der Waals surface area contributed by atoms with Crippen LogP contribution in [0.5, 0.6) is 5.75 Å². The maximum Gasteiger partial charge on any atom is 0.306 e. The molecule has 2 N–H and O–H groups in total. The van der Waals surface area contributed by atoms with Crippen LogP contribution in [0.4, 0.5) is 4.39 Å². The predicted octanol–water partition coefficient (Wildman–Crippen LogP) is 1.96. The zero-order chi connectivity index (χ0) is 15.4. The fourth-order valence-corrected chi connectivity index (χ4v) is 2.25. The van der Waals surface area contributed by atoms with Gasteiger partial charge in [0.05, 0.1) is 5.92 Å². The van der Waals surface area contributed by atoms with Crippen molar-refractivity contribution >= 4 is 11.9 Å². The number of carbonyl (C=O) groups excluding carboxylic acids is 1. The summed E-state index contributed by atoms with van der Waals surface area (Å²) in [5.41, 5.74) is 0. The van der Waals surface area contributed by atoms with Crippen LogP contribution in [0.25, 0.3) is 0 Å². The van der Waals surface area contributed by atoms with E-state index in [4.69, 9.17) is 9.84 Å². The first-order valence-corrected chi connectivity index (χ1v) is 6.95. The van der Waals surface area contributed by atoms with Crippen molar-refractivity contribution < 1.29 is 23.8 Å².